The van der Waals surface area contributed by atoms with Gasteiger partial charge in [-0.3, -0.25) is 0 Å². The van der Waals surface area contributed by atoms with Gasteiger partial charge in [0.25, 0.3) is 0 Å². The van der Waals surface area contributed by atoms with Gasteiger partial charge in [0.2, 0.25) is 0 Å². The minimum atomic E-state index is 0.00965. The van der Waals surface area contributed by atoms with Crippen LogP contribution in [0.15, 0.2) is 49.6 Å². The number of nitrogens with one attached hydrogen (secondary N) is 1. The van der Waals surface area contributed by atoms with Crippen LogP contribution < -0.4 is 5.32 Å². The number of rotatable bonds is 8. The van der Waals surface area contributed by atoms with Crippen molar-refractivity contribution in [3.63, 3.8) is 0 Å². The molecule has 0 aliphatic rings. The summed E-state index contributed by atoms with van der Waals surface area (Å²) in [6.07, 6.45) is 5.88. The standard InChI is InChI=1S/C23H29NO2/c1-6-9-18-16(8-3)13-21(23(26)19(18)10-7-2)17-11-12-22(25)20(14-17)15(4)24-5/h6-7,11-15,24-26H,1-2,8-10H2,3-5H3. The molecule has 0 aromatic heterocycles. The van der Waals surface area contributed by atoms with Crippen molar-refractivity contribution in [3.8, 4) is 22.6 Å². The monoisotopic (exact) mass is 351 g/mol. The molecule has 0 radical (unpaired) electrons. The summed E-state index contributed by atoms with van der Waals surface area (Å²) in [5.74, 6) is 0.535. The first-order valence-electron chi connectivity index (χ1n) is 9.07. The number of phenols is 2. The Kier molecular flexibility index (Phi) is 6.64. The van der Waals surface area contributed by atoms with Crippen LogP contribution in [0.3, 0.4) is 0 Å². The van der Waals surface area contributed by atoms with Gasteiger partial charge in [0.1, 0.15) is 11.5 Å². The van der Waals surface area contributed by atoms with Gasteiger partial charge in [-0.25, -0.2) is 0 Å². The fourth-order valence-corrected chi connectivity index (χ4v) is 3.35. The lowest BCUT2D eigenvalue weighted by molar-refractivity contribution is 0.457. The summed E-state index contributed by atoms with van der Waals surface area (Å²) in [4.78, 5) is 0. The molecule has 0 spiro atoms. The Morgan fingerprint density at radius 3 is 2.31 bits per heavy atom. The summed E-state index contributed by atoms with van der Waals surface area (Å²) in [5, 5.41) is 24.3. The molecular formula is C23H29NO2. The van der Waals surface area contributed by atoms with E-state index < -0.39 is 0 Å². The minimum Gasteiger partial charge on any atom is -0.508 e. The van der Waals surface area contributed by atoms with Crippen molar-refractivity contribution < 1.29 is 10.2 Å². The fraction of sp³-hybridized carbons (Fsp3) is 0.304. The summed E-state index contributed by atoms with van der Waals surface area (Å²) in [6, 6.07) is 7.54. The number of aryl methyl sites for hydroxylation is 1. The van der Waals surface area contributed by atoms with Gasteiger partial charge in [-0.15, -0.1) is 13.2 Å². The molecule has 0 heterocycles. The van der Waals surface area contributed by atoms with Crippen molar-refractivity contribution in [1.82, 2.24) is 5.32 Å². The Morgan fingerprint density at radius 1 is 1.08 bits per heavy atom. The van der Waals surface area contributed by atoms with E-state index in [0.717, 1.165) is 40.7 Å². The van der Waals surface area contributed by atoms with E-state index in [1.165, 1.54) is 5.56 Å². The lowest BCUT2D eigenvalue weighted by atomic mass is 9.88. The summed E-state index contributed by atoms with van der Waals surface area (Å²) in [5.41, 5.74) is 5.73. The number of aromatic hydroxyl groups is 2. The molecule has 0 aliphatic carbocycles. The normalized spacial score (nSPS) is 12.0. The van der Waals surface area contributed by atoms with Gasteiger partial charge in [-0.2, -0.15) is 0 Å². The van der Waals surface area contributed by atoms with E-state index in [1.54, 1.807) is 6.07 Å². The first kappa shape index (κ1) is 19.8. The molecule has 1 unspecified atom stereocenters. The highest BCUT2D eigenvalue weighted by Gasteiger charge is 2.18. The van der Waals surface area contributed by atoms with Crippen LogP contribution in [-0.2, 0) is 19.3 Å². The molecule has 0 saturated heterocycles. The fourth-order valence-electron chi connectivity index (χ4n) is 3.35. The number of hydrogen-bond acceptors (Lipinski definition) is 3. The Hall–Kier alpha value is -2.52. The van der Waals surface area contributed by atoms with E-state index in [0.29, 0.717) is 6.42 Å². The van der Waals surface area contributed by atoms with Gasteiger partial charge in [-0.05, 0) is 68.1 Å². The Labute approximate surface area is 156 Å². The van der Waals surface area contributed by atoms with E-state index in [2.05, 4.69) is 31.5 Å². The predicted octanol–water partition coefficient (Wildman–Crippen LogP) is 5.06. The van der Waals surface area contributed by atoms with Crippen molar-refractivity contribution in [2.24, 2.45) is 0 Å². The van der Waals surface area contributed by atoms with Crippen LogP contribution in [0.5, 0.6) is 11.5 Å². The van der Waals surface area contributed by atoms with Crippen LogP contribution in [-0.4, -0.2) is 17.3 Å². The van der Waals surface area contributed by atoms with Crippen molar-refractivity contribution in [2.45, 2.75) is 39.2 Å². The Balaban J connectivity index is 2.72. The van der Waals surface area contributed by atoms with Crippen molar-refractivity contribution in [3.05, 3.63) is 71.8 Å². The van der Waals surface area contributed by atoms with Gasteiger partial charge in [0.05, 0.1) is 0 Å². The molecule has 26 heavy (non-hydrogen) atoms. The summed E-state index contributed by atoms with van der Waals surface area (Å²) >= 11 is 0. The molecule has 0 aliphatic heterocycles. The van der Waals surface area contributed by atoms with Crippen LogP contribution in [0, 0.1) is 0 Å². The second-order valence-electron chi connectivity index (χ2n) is 6.51. The third-order valence-electron chi connectivity index (χ3n) is 4.93. The van der Waals surface area contributed by atoms with Gasteiger partial charge < -0.3 is 15.5 Å². The number of allylic oxidation sites excluding steroid dienone is 2. The number of hydrogen-bond donors (Lipinski definition) is 3. The first-order valence-corrected chi connectivity index (χ1v) is 9.07. The smallest absolute Gasteiger partial charge is 0.127 e. The van der Waals surface area contributed by atoms with Crippen molar-refractivity contribution >= 4 is 0 Å². The van der Waals surface area contributed by atoms with Gasteiger partial charge in [0, 0.05) is 22.7 Å². The summed E-state index contributed by atoms with van der Waals surface area (Å²) < 4.78 is 0. The highest BCUT2D eigenvalue weighted by atomic mass is 16.3. The van der Waals surface area contributed by atoms with Gasteiger partial charge in [-0.1, -0.05) is 25.1 Å². The lowest BCUT2D eigenvalue weighted by Gasteiger charge is -2.19. The van der Waals surface area contributed by atoms with Gasteiger partial charge >= 0.3 is 0 Å². The molecule has 2 aromatic carbocycles. The zero-order chi connectivity index (χ0) is 19.3. The van der Waals surface area contributed by atoms with E-state index in [-0.39, 0.29) is 17.5 Å². The molecule has 1 atom stereocenters. The average Bonchev–Trinajstić information content (AvgIpc) is 2.65. The highest BCUT2D eigenvalue weighted by molar-refractivity contribution is 5.75. The average molecular weight is 351 g/mol. The molecule has 3 N–H and O–H groups in total. The van der Waals surface area contributed by atoms with Crippen LogP contribution in [0.2, 0.25) is 0 Å². The van der Waals surface area contributed by atoms with Crippen LogP contribution in [0.25, 0.3) is 11.1 Å². The SMILES string of the molecule is C=CCc1c(CC)cc(-c2ccc(O)c(C(C)NC)c2)c(O)c1CC=C. The van der Waals surface area contributed by atoms with Crippen LogP contribution in [0.1, 0.15) is 42.1 Å². The quantitative estimate of drug-likeness (QED) is 0.582. The largest absolute Gasteiger partial charge is 0.508 e. The van der Waals surface area contributed by atoms with E-state index in [9.17, 15) is 10.2 Å². The molecule has 0 bridgehead atoms. The van der Waals surface area contributed by atoms with Crippen molar-refractivity contribution in [1.29, 1.82) is 0 Å². The highest BCUT2D eigenvalue weighted by Crippen LogP contribution is 2.39. The maximum Gasteiger partial charge on any atom is 0.127 e. The molecule has 3 nitrogen and oxygen atoms in total. The molecule has 0 saturated carbocycles. The number of phenolic OH excluding ortho intramolecular Hbond substituents is 2. The summed E-state index contributed by atoms with van der Waals surface area (Å²) in [6.45, 7) is 11.8. The van der Waals surface area contributed by atoms with E-state index >= 15 is 0 Å². The lowest BCUT2D eigenvalue weighted by Crippen LogP contribution is -2.12. The second-order valence-corrected chi connectivity index (χ2v) is 6.51. The zero-order valence-electron chi connectivity index (χ0n) is 16.0. The summed E-state index contributed by atoms with van der Waals surface area (Å²) in [7, 11) is 1.86. The van der Waals surface area contributed by atoms with E-state index in [1.807, 2.05) is 38.3 Å². The zero-order valence-corrected chi connectivity index (χ0v) is 16.0. The third kappa shape index (κ3) is 3.83. The molecule has 0 amide bonds. The maximum absolute atomic E-state index is 11.0. The van der Waals surface area contributed by atoms with Crippen LogP contribution >= 0.6 is 0 Å². The van der Waals surface area contributed by atoms with Gasteiger partial charge in [0.15, 0.2) is 0 Å². The second kappa shape index (κ2) is 8.72. The third-order valence-corrected chi connectivity index (χ3v) is 4.93. The topological polar surface area (TPSA) is 52.5 Å². The predicted molar refractivity (Wildman–Crippen MR) is 110 cm³/mol. The molecule has 0 fully saturated rings. The molecule has 138 valence electrons. The molecular weight excluding hydrogens is 322 g/mol. The van der Waals surface area contributed by atoms with E-state index in [4.69, 9.17) is 0 Å². The minimum absolute atomic E-state index is 0.00965. The molecule has 3 heteroatoms. The molecule has 2 rings (SSSR count). The Morgan fingerprint density at radius 2 is 1.73 bits per heavy atom. The maximum atomic E-state index is 11.0. The van der Waals surface area contributed by atoms with Crippen molar-refractivity contribution in [2.75, 3.05) is 7.05 Å². The first-order chi connectivity index (χ1) is 12.5. The Bertz CT molecular complexity index is 808. The molecule has 2 aromatic rings. The number of benzene rings is 2. The van der Waals surface area contributed by atoms with Crippen LogP contribution in [0.4, 0.5) is 0 Å².